The molecule has 320 valence electrons. The van der Waals surface area contributed by atoms with E-state index in [-0.39, 0.29) is 12.7 Å². The van der Waals surface area contributed by atoms with Gasteiger partial charge in [0, 0.05) is 26.4 Å². The highest BCUT2D eigenvalue weighted by molar-refractivity contribution is 5.67. The fourth-order valence-corrected chi connectivity index (χ4v) is 6.32. The molecule has 0 spiro atoms. The van der Waals surface area contributed by atoms with E-state index in [9.17, 15) is 4.79 Å². The highest BCUT2D eigenvalue weighted by atomic mass is 16.6. The summed E-state index contributed by atoms with van der Waals surface area (Å²) in [5, 5.41) is 2.76. The number of allylic oxidation sites excluding steroid dienone is 4. The van der Waals surface area contributed by atoms with E-state index in [1.807, 2.05) is 0 Å². The number of unbranched alkanes of at least 4 members (excludes halogenated alkanes) is 24. The van der Waals surface area contributed by atoms with Crippen LogP contribution in [0.15, 0.2) is 24.3 Å². The Kier molecular flexibility index (Phi) is 46.5. The predicted molar refractivity (Wildman–Crippen MR) is 231 cm³/mol. The average molecular weight is 766 g/mol. The zero-order chi connectivity index (χ0) is 39.1. The third-order valence-corrected chi connectivity index (χ3v) is 9.75. The molecule has 0 fully saturated rings. The van der Waals surface area contributed by atoms with Crippen LogP contribution in [0.4, 0.5) is 4.79 Å². The number of alkyl carbamates (subject to hydrolysis) is 1. The number of hydrogen-bond donors (Lipinski definition) is 1. The fourth-order valence-electron chi connectivity index (χ4n) is 6.32. The Morgan fingerprint density at radius 3 is 1.33 bits per heavy atom. The van der Waals surface area contributed by atoms with E-state index in [1.54, 1.807) is 0 Å². The van der Waals surface area contributed by atoms with E-state index in [0.717, 1.165) is 32.5 Å². The van der Waals surface area contributed by atoms with Crippen LogP contribution in [0, 0.1) is 0 Å². The minimum atomic E-state index is -0.444. The molecule has 1 atom stereocenters. The van der Waals surface area contributed by atoms with Crippen molar-refractivity contribution < 1.29 is 28.5 Å². The van der Waals surface area contributed by atoms with Crippen LogP contribution in [0.5, 0.6) is 0 Å². The fraction of sp³-hybridized carbons (Fsp3) is 0.894. The maximum atomic E-state index is 12.3. The van der Waals surface area contributed by atoms with E-state index in [4.69, 9.17) is 23.7 Å². The minimum Gasteiger partial charge on any atom is -0.447 e. The van der Waals surface area contributed by atoms with Gasteiger partial charge in [0.05, 0.1) is 26.4 Å². The molecular weight excluding hydrogens is 675 g/mol. The average Bonchev–Trinajstić information content (AvgIpc) is 3.18. The lowest BCUT2D eigenvalue weighted by Crippen LogP contribution is -2.33. The van der Waals surface area contributed by atoms with Gasteiger partial charge in [0.1, 0.15) is 12.7 Å². The standard InChI is InChI=1S/C47H91NO6/c1-4-7-9-11-13-15-17-19-21-23-25-27-29-31-33-35-39-52-44-46(45-54-47(49)48-37-41-51-43-42-50-38-6-3)53-40-36-34-32-30-28-26-24-22-20-18-16-14-12-10-8-5-2/h19-22,46H,4-18,23-45H2,1-3H3,(H,48,49)/b21-19-,22-20-. The lowest BCUT2D eigenvalue weighted by atomic mass is 10.1. The van der Waals surface area contributed by atoms with Crippen molar-refractivity contribution in [2.75, 3.05) is 59.4 Å². The molecule has 0 bridgehead atoms. The summed E-state index contributed by atoms with van der Waals surface area (Å²) in [6, 6.07) is 0. The molecule has 7 heteroatoms. The molecule has 1 unspecified atom stereocenters. The second-order valence-corrected chi connectivity index (χ2v) is 15.2. The van der Waals surface area contributed by atoms with Crippen LogP contribution < -0.4 is 5.32 Å². The van der Waals surface area contributed by atoms with Crippen molar-refractivity contribution in [2.45, 2.75) is 213 Å². The Morgan fingerprint density at radius 1 is 0.426 bits per heavy atom. The number of carbonyl (C=O) groups is 1. The van der Waals surface area contributed by atoms with Gasteiger partial charge < -0.3 is 29.0 Å². The van der Waals surface area contributed by atoms with Gasteiger partial charge in [-0.25, -0.2) is 4.79 Å². The van der Waals surface area contributed by atoms with Crippen LogP contribution in [0.2, 0.25) is 0 Å². The molecule has 54 heavy (non-hydrogen) atoms. The Bertz CT molecular complexity index is 775. The van der Waals surface area contributed by atoms with E-state index >= 15 is 0 Å². The first-order chi connectivity index (χ1) is 26.7. The van der Waals surface area contributed by atoms with E-state index < -0.39 is 6.09 Å². The zero-order valence-corrected chi connectivity index (χ0v) is 36.2. The Balaban J connectivity index is 4.06. The molecule has 0 aliphatic carbocycles. The van der Waals surface area contributed by atoms with Crippen molar-refractivity contribution in [3.63, 3.8) is 0 Å². The molecule has 0 aliphatic heterocycles. The molecule has 0 saturated carbocycles. The van der Waals surface area contributed by atoms with Crippen molar-refractivity contribution in [2.24, 2.45) is 0 Å². The number of rotatable bonds is 45. The predicted octanol–water partition coefficient (Wildman–Crippen LogP) is 13.6. The van der Waals surface area contributed by atoms with Gasteiger partial charge in [0.15, 0.2) is 0 Å². The summed E-state index contributed by atoms with van der Waals surface area (Å²) >= 11 is 0. The van der Waals surface area contributed by atoms with Crippen LogP contribution in [-0.4, -0.2) is 71.6 Å². The summed E-state index contributed by atoms with van der Waals surface area (Å²) in [6.07, 6.45) is 46.1. The lowest BCUT2D eigenvalue weighted by Gasteiger charge is -2.18. The van der Waals surface area contributed by atoms with Crippen LogP contribution >= 0.6 is 0 Å². The molecule has 0 saturated heterocycles. The summed E-state index contributed by atoms with van der Waals surface area (Å²) in [6.45, 7) is 11.4. The normalized spacial score (nSPS) is 12.4. The van der Waals surface area contributed by atoms with Gasteiger partial charge in [0.25, 0.3) is 0 Å². The summed E-state index contributed by atoms with van der Waals surface area (Å²) in [7, 11) is 0. The Hall–Kier alpha value is -1.41. The maximum Gasteiger partial charge on any atom is 0.407 e. The molecule has 7 nitrogen and oxygen atoms in total. The molecule has 0 heterocycles. The van der Waals surface area contributed by atoms with Gasteiger partial charge in [-0.2, -0.15) is 0 Å². The van der Waals surface area contributed by atoms with Gasteiger partial charge in [-0.05, 0) is 70.6 Å². The van der Waals surface area contributed by atoms with Crippen molar-refractivity contribution >= 4 is 6.09 Å². The molecule has 1 amide bonds. The van der Waals surface area contributed by atoms with Crippen LogP contribution in [0.3, 0.4) is 0 Å². The zero-order valence-electron chi connectivity index (χ0n) is 36.2. The summed E-state index contributed by atoms with van der Waals surface area (Å²) in [4.78, 5) is 12.3. The first-order valence-corrected chi connectivity index (χ1v) is 23.3. The molecule has 0 aliphatic rings. The molecule has 0 rings (SSSR count). The highest BCUT2D eigenvalue weighted by Gasteiger charge is 2.13. The second-order valence-electron chi connectivity index (χ2n) is 15.2. The molecule has 0 aromatic heterocycles. The van der Waals surface area contributed by atoms with E-state index in [2.05, 4.69) is 50.4 Å². The quantitative estimate of drug-likeness (QED) is 0.0491. The highest BCUT2D eigenvalue weighted by Crippen LogP contribution is 2.12. The number of amides is 1. The Labute approximate surface area is 335 Å². The SMILES string of the molecule is CCCCCCCC/C=C\CCCCCCCCOCC(COC(=O)NCCOCCOCCC)OCCCCCCCC/C=C\CCCCCCCC. The van der Waals surface area contributed by atoms with Gasteiger partial charge in [-0.1, -0.05) is 161 Å². The van der Waals surface area contributed by atoms with Crippen molar-refractivity contribution in [1.82, 2.24) is 5.32 Å². The topological polar surface area (TPSA) is 75.3 Å². The van der Waals surface area contributed by atoms with Gasteiger partial charge in [-0.3, -0.25) is 0 Å². The van der Waals surface area contributed by atoms with Gasteiger partial charge >= 0.3 is 6.09 Å². The lowest BCUT2D eigenvalue weighted by molar-refractivity contribution is -0.0469. The molecule has 0 aromatic rings. The monoisotopic (exact) mass is 766 g/mol. The first-order valence-electron chi connectivity index (χ1n) is 23.3. The maximum absolute atomic E-state index is 12.3. The molecular formula is C47H91NO6. The van der Waals surface area contributed by atoms with Gasteiger partial charge in [0.2, 0.25) is 0 Å². The molecule has 1 N–H and O–H groups in total. The number of carbonyl (C=O) groups excluding carboxylic acids is 1. The second kappa shape index (κ2) is 47.7. The molecule has 0 radical (unpaired) electrons. The number of hydrogen-bond acceptors (Lipinski definition) is 6. The van der Waals surface area contributed by atoms with Crippen molar-refractivity contribution in [1.29, 1.82) is 0 Å². The Morgan fingerprint density at radius 2 is 0.852 bits per heavy atom. The third-order valence-electron chi connectivity index (χ3n) is 9.75. The summed E-state index contributed by atoms with van der Waals surface area (Å²) in [5.41, 5.74) is 0. The van der Waals surface area contributed by atoms with Crippen LogP contribution in [0.1, 0.15) is 207 Å². The van der Waals surface area contributed by atoms with Crippen molar-refractivity contribution in [3.8, 4) is 0 Å². The summed E-state index contributed by atoms with van der Waals surface area (Å²) in [5.74, 6) is 0. The van der Waals surface area contributed by atoms with Crippen LogP contribution in [0.25, 0.3) is 0 Å². The molecule has 0 aromatic carbocycles. The third kappa shape index (κ3) is 45.0. The summed E-state index contributed by atoms with van der Waals surface area (Å²) < 4.78 is 28.5. The van der Waals surface area contributed by atoms with Crippen LogP contribution in [-0.2, 0) is 23.7 Å². The van der Waals surface area contributed by atoms with Gasteiger partial charge in [-0.15, -0.1) is 0 Å². The number of nitrogens with one attached hydrogen (secondary N) is 1. The smallest absolute Gasteiger partial charge is 0.407 e. The van der Waals surface area contributed by atoms with Crippen molar-refractivity contribution in [3.05, 3.63) is 24.3 Å². The number of ether oxygens (including phenoxy) is 5. The largest absolute Gasteiger partial charge is 0.447 e. The first kappa shape index (κ1) is 52.6. The van der Waals surface area contributed by atoms with E-state index in [1.165, 1.54) is 167 Å². The minimum absolute atomic E-state index is 0.192. The van der Waals surface area contributed by atoms with E-state index in [0.29, 0.717) is 39.6 Å².